The molecule has 4 rings (SSSR count). The van der Waals surface area contributed by atoms with Crippen LogP contribution in [-0.4, -0.2) is 33.0 Å². The molecule has 0 N–H and O–H groups in total. The summed E-state index contributed by atoms with van der Waals surface area (Å²) in [5.74, 6) is 1.20. The summed E-state index contributed by atoms with van der Waals surface area (Å²) in [6, 6.07) is 1.51. The lowest BCUT2D eigenvalue weighted by molar-refractivity contribution is -0.141. The Labute approximate surface area is 136 Å². The van der Waals surface area contributed by atoms with Gasteiger partial charge in [-0.2, -0.15) is 23.3 Å². The molecular weight excluding hydrogens is 323 g/mol. The Morgan fingerprint density at radius 1 is 1.12 bits per heavy atom. The highest BCUT2D eigenvalue weighted by Gasteiger charge is 2.35. The molecule has 2 aliphatic rings. The van der Waals surface area contributed by atoms with Crippen molar-refractivity contribution in [3.8, 4) is 0 Å². The highest BCUT2D eigenvalue weighted by molar-refractivity contribution is 5.26. The molecule has 2 fully saturated rings. The van der Waals surface area contributed by atoms with E-state index in [1.54, 1.807) is 0 Å². The number of rotatable bonds is 3. The second-order valence-electron chi connectivity index (χ2n) is 6.46. The number of hydrogen-bond donors (Lipinski definition) is 0. The van der Waals surface area contributed by atoms with Gasteiger partial charge in [0, 0.05) is 25.2 Å². The summed E-state index contributed by atoms with van der Waals surface area (Å²) < 4.78 is 44.7. The predicted molar refractivity (Wildman–Crippen MR) is 78.6 cm³/mol. The first-order valence-electron chi connectivity index (χ1n) is 8.21. The van der Waals surface area contributed by atoms with Crippen molar-refractivity contribution in [3.63, 3.8) is 0 Å². The third kappa shape index (κ3) is 2.87. The molecule has 0 spiro atoms. The molecule has 1 aliphatic heterocycles. The summed E-state index contributed by atoms with van der Waals surface area (Å²) in [6.07, 6.45) is 1.84. The van der Waals surface area contributed by atoms with E-state index in [0.29, 0.717) is 37.9 Å². The van der Waals surface area contributed by atoms with E-state index in [4.69, 9.17) is 4.52 Å². The van der Waals surface area contributed by atoms with Crippen molar-refractivity contribution < 1.29 is 17.7 Å². The fourth-order valence-electron chi connectivity index (χ4n) is 3.20. The highest BCUT2D eigenvalue weighted by atomic mass is 19.4. The number of alkyl halides is 3. The van der Waals surface area contributed by atoms with E-state index in [0.717, 1.165) is 24.7 Å². The number of hydrogen-bond acceptors (Lipinski definition) is 5. The summed E-state index contributed by atoms with van der Waals surface area (Å²) in [5, 5.41) is 7.72. The number of halogens is 3. The third-order valence-electron chi connectivity index (χ3n) is 4.91. The Morgan fingerprint density at radius 3 is 2.46 bits per heavy atom. The van der Waals surface area contributed by atoms with Crippen molar-refractivity contribution in [2.45, 2.75) is 50.2 Å². The monoisotopic (exact) mass is 341 g/mol. The zero-order valence-electron chi connectivity index (χ0n) is 13.0. The van der Waals surface area contributed by atoms with Crippen LogP contribution in [0, 0.1) is 0 Å². The van der Waals surface area contributed by atoms with Crippen LogP contribution in [0.4, 0.5) is 19.2 Å². The van der Waals surface area contributed by atoms with E-state index in [1.165, 1.54) is 17.3 Å². The molecule has 130 valence electrons. The van der Waals surface area contributed by atoms with Gasteiger partial charge in [0.15, 0.2) is 11.5 Å². The highest BCUT2D eigenvalue weighted by Crippen LogP contribution is 2.36. The summed E-state index contributed by atoms with van der Waals surface area (Å²) in [6.45, 7) is 1.33. The van der Waals surface area contributed by atoms with Gasteiger partial charge >= 0.3 is 12.2 Å². The minimum atomic E-state index is -4.40. The second kappa shape index (κ2) is 5.78. The van der Waals surface area contributed by atoms with Crippen LogP contribution in [0.15, 0.2) is 16.8 Å². The van der Waals surface area contributed by atoms with Gasteiger partial charge in [0.1, 0.15) is 0 Å². The van der Waals surface area contributed by atoms with Crippen molar-refractivity contribution in [1.29, 1.82) is 0 Å². The van der Waals surface area contributed by atoms with Crippen LogP contribution in [0.3, 0.4) is 0 Å². The smallest absolute Gasteiger partial charge is 0.324 e. The van der Waals surface area contributed by atoms with Crippen LogP contribution in [0.2, 0.25) is 0 Å². The molecule has 0 unspecified atom stereocenters. The first kappa shape index (κ1) is 15.5. The van der Waals surface area contributed by atoms with Crippen molar-refractivity contribution in [2.75, 3.05) is 18.0 Å². The second-order valence-corrected chi connectivity index (χ2v) is 6.46. The van der Waals surface area contributed by atoms with Crippen molar-refractivity contribution in [3.05, 3.63) is 23.8 Å². The normalized spacial score (nSPS) is 20.4. The summed E-state index contributed by atoms with van der Waals surface area (Å²) in [7, 11) is 0. The molecule has 0 aromatic carbocycles. The van der Waals surface area contributed by atoms with Crippen molar-refractivity contribution in [1.82, 2.24) is 19.9 Å². The molecule has 1 saturated carbocycles. The van der Waals surface area contributed by atoms with E-state index in [-0.39, 0.29) is 6.04 Å². The topological polar surface area (TPSA) is 60.0 Å². The third-order valence-corrected chi connectivity index (χ3v) is 4.91. The maximum atomic E-state index is 12.6. The zero-order chi connectivity index (χ0) is 16.7. The van der Waals surface area contributed by atoms with Gasteiger partial charge in [-0.1, -0.05) is 11.6 Å². The Balaban J connectivity index is 1.38. The molecule has 2 aromatic rings. The molecule has 0 radical (unpaired) electrons. The predicted octanol–water partition coefficient (Wildman–Crippen LogP) is 3.39. The molecule has 9 heteroatoms. The lowest BCUT2D eigenvalue weighted by atomic mass is 9.85. The summed E-state index contributed by atoms with van der Waals surface area (Å²) in [5.41, 5.74) is -0.841. The van der Waals surface area contributed by atoms with Gasteiger partial charge in [-0.25, -0.2) is 0 Å². The number of nitrogens with zero attached hydrogens (tertiary/aromatic N) is 5. The average Bonchev–Trinajstić information content (AvgIpc) is 3.14. The van der Waals surface area contributed by atoms with E-state index in [2.05, 4.69) is 15.2 Å². The first-order chi connectivity index (χ1) is 11.5. The van der Waals surface area contributed by atoms with Crippen LogP contribution in [0.1, 0.15) is 55.6 Å². The van der Waals surface area contributed by atoms with E-state index in [9.17, 15) is 13.2 Å². The van der Waals surface area contributed by atoms with Crippen LogP contribution in [-0.2, 0) is 6.18 Å². The van der Waals surface area contributed by atoms with Crippen LogP contribution < -0.4 is 4.90 Å². The average molecular weight is 341 g/mol. The van der Waals surface area contributed by atoms with E-state index in [1.807, 2.05) is 4.90 Å². The quantitative estimate of drug-likeness (QED) is 0.856. The maximum absolute atomic E-state index is 12.6. The Morgan fingerprint density at radius 2 is 1.88 bits per heavy atom. The van der Waals surface area contributed by atoms with Gasteiger partial charge < -0.3 is 9.42 Å². The van der Waals surface area contributed by atoms with Gasteiger partial charge in [0.05, 0.1) is 6.04 Å². The zero-order valence-corrected chi connectivity index (χ0v) is 13.0. The molecule has 1 saturated heterocycles. The Bertz CT molecular complexity index is 698. The lowest BCUT2D eigenvalue weighted by Gasteiger charge is -2.30. The van der Waals surface area contributed by atoms with Gasteiger partial charge in [-0.05, 0) is 31.7 Å². The van der Waals surface area contributed by atoms with Gasteiger partial charge in [0.25, 0.3) is 0 Å². The molecular formula is C15H18F3N5O. The summed E-state index contributed by atoms with van der Waals surface area (Å²) in [4.78, 5) is 6.47. The SMILES string of the molecule is FC(F)(F)c1ccn(C2CCN(c3nc(C4CCC4)no3)CC2)n1. The molecule has 24 heavy (non-hydrogen) atoms. The molecule has 0 bridgehead atoms. The number of anilines is 1. The molecule has 2 aromatic heterocycles. The number of aromatic nitrogens is 4. The minimum Gasteiger partial charge on any atom is -0.324 e. The first-order valence-corrected chi connectivity index (χ1v) is 8.21. The maximum Gasteiger partial charge on any atom is 0.435 e. The standard InChI is InChI=1S/C15H18F3N5O/c16-15(17,18)12-6-9-23(20-12)11-4-7-22(8-5-11)14-19-13(21-24-14)10-2-1-3-10/h6,9-11H,1-5,7-8H2. The van der Waals surface area contributed by atoms with Crippen molar-refractivity contribution in [2.24, 2.45) is 0 Å². The van der Waals surface area contributed by atoms with Crippen LogP contribution in [0.5, 0.6) is 0 Å². The fourth-order valence-corrected chi connectivity index (χ4v) is 3.20. The molecule has 1 aliphatic carbocycles. The Kier molecular flexibility index (Phi) is 3.73. The molecule has 3 heterocycles. The minimum absolute atomic E-state index is 0.0358. The van der Waals surface area contributed by atoms with Crippen LogP contribution in [0.25, 0.3) is 0 Å². The van der Waals surface area contributed by atoms with Gasteiger partial charge in [-0.3, -0.25) is 4.68 Å². The summed E-state index contributed by atoms with van der Waals surface area (Å²) >= 11 is 0. The molecule has 0 amide bonds. The Hall–Kier alpha value is -2.06. The van der Waals surface area contributed by atoms with Gasteiger partial charge in [-0.15, -0.1) is 0 Å². The molecule has 0 atom stereocenters. The molecule has 6 nitrogen and oxygen atoms in total. The van der Waals surface area contributed by atoms with Crippen molar-refractivity contribution >= 4 is 6.01 Å². The largest absolute Gasteiger partial charge is 0.435 e. The lowest BCUT2D eigenvalue weighted by Crippen LogP contribution is -2.35. The number of piperidine rings is 1. The van der Waals surface area contributed by atoms with Gasteiger partial charge in [0.2, 0.25) is 0 Å². The van der Waals surface area contributed by atoms with E-state index < -0.39 is 11.9 Å². The van der Waals surface area contributed by atoms with Crippen LogP contribution >= 0.6 is 0 Å². The van der Waals surface area contributed by atoms with E-state index >= 15 is 0 Å². The fraction of sp³-hybridized carbons (Fsp3) is 0.667.